The number of nitrogens with zero attached hydrogens (tertiary/aromatic N) is 3. The zero-order valence-electron chi connectivity index (χ0n) is 23.8. The molecule has 2 saturated heterocycles. The topological polar surface area (TPSA) is 85.8 Å². The van der Waals surface area contributed by atoms with Gasteiger partial charge in [0, 0.05) is 44.5 Å². The van der Waals surface area contributed by atoms with Gasteiger partial charge in [-0.3, -0.25) is 4.79 Å². The fourth-order valence-corrected chi connectivity index (χ4v) is 5.06. The summed E-state index contributed by atoms with van der Waals surface area (Å²) in [4.78, 5) is 22.3. The number of aromatic nitrogens is 2. The lowest BCUT2D eigenvalue weighted by Crippen LogP contribution is -2.54. The van der Waals surface area contributed by atoms with Crippen LogP contribution in [-0.2, 0) is 27.7 Å². The van der Waals surface area contributed by atoms with E-state index in [0.717, 1.165) is 17.5 Å². The van der Waals surface area contributed by atoms with E-state index in [-0.39, 0.29) is 47.3 Å². The Kier molecular flexibility index (Phi) is 9.36. The summed E-state index contributed by atoms with van der Waals surface area (Å²) in [6, 6.07) is 8.02. The highest BCUT2D eigenvalue weighted by Crippen LogP contribution is 2.31. The minimum absolute atomic E-state index is 0.0128. The van der Waals surface area contributed by atoms with Crippen LogP contribution in [0.2, 0.25) is 0 Å². The molecular weight excluding hydrogens is 525 g/mol. The highest BCUT2D eigenvalue weighted by atomic mass is 19.4. The summed E-state index contributed by atoms with van der Waals surface area (Å²) in [7, 11) is 1.66. The van der Waals surface area contributed by atoms with Crippen molar-refractivity contribution < 1.29 is 32.2 Å². The van der Waals surface area contributed by atoms with Crippen molar-refractivity contribution in [1.82, 2.24) is 20.2 Å². The fourth-order valence-electron chi connectivity index (χ4n) is 5.06. The summed E-state index contributed by atoms with van der Waals surface area (Å²) in [6.07, 6.45) is -2.68. The summed E-state index contributed by atoms with van der Waals surface area (Å²) in [5.74, 6) is -2.18. The Bertz CT molecular complexity index is 1160. The summed E-state index contributed by atoms with van der Waals surface area (Å²) < 4.78 is 57.9. The lowest BCUT2D eigenvalue weighted by Gasteiger charge is -2.38. The molecule has 2 aliphatic heterocycles. The Morgan fingerprint density at radius 3 is 2.38 bits per heavy atom. The van der Waals surface area contributed by atoms with Crippen molar-refractivity contribution in [2.45, 2.75) is 83.3 Å². The predicted molar refractivity (Wildman–Crippen MR) is 143 cm³/mol. The fraction of sp³-hybridized carbons (Fsp3) is 0.621. The largest absolute Gasteiger partial charge is 0.472 e. The van der Waals surface area contributed by atoms with Crippen LogP contribution < -0.4 is 10.1 Å². The first-order valence-electron chi connectivity index (χ1n) is 13.7. The Hall–Kier alpha value is -2.76. The molecule has 0 spiro atoms. The van der Waals surface area contributed by atoms with Crippen LogP contribution in [0.1, 0.15) is 73.0 Å². The highest BCUT2D eigenvalue weighted by Gasteiger charge is 2.38. The van der Waals surface area contributed by atoms with Crippen molar-refractivity contribution in [2.75, 3.05) is 33.4 Å². The van der Waals surface area contributed by atoms with E-state index in [1.807, 2.05) is 24.3 Å². The quantitative estimate of drug-likeness (QED) is 0.523. The average molecular weight is 565 g/mol. The molecule has 1 aromatic heterocycles. The Morgan fingerprint density at radius 1 is 1.10 bits per heavy atom. The van der Waals surface area contributed by atoms with Gasteiger partial charge in [0.15, 0.2) is 0 Å². The van der Waals surface area contributed by atoms with Gasteiger partial charge in [0.2, 0.25) is 11.7 Å². The van der Waals surface area contributed by atoms with Gasteiger partial charge in [0.25, 0.3) is 5.91 Å². The molecule has 0 aliphatic carbocycles. The molecule has 2 atom stereocenters. The van der Waals surface area contributed by atoms with Crippen molar-refractivity contribution in [3.63, 3.8) is 0 Å². The number of alkyl halides is 3. The lowest BCUT2D eigenvalue weighted by molar-refractivity contribution is -0.145. The molecule has 40 heavy (non-hydrogen) atoms. The highest BCUT2D eigenvalue weighted by molar-refractivity contribution is 5.94. The smallest absolute Gasteiger partial charge is 0.451 e. The molecule has 2 aromatic rings. The molecule has 4 rings (SSSR count). The van der Waals surface area contributed by atoms with Gasteiger partial charge in [-0.05, 0) is 42.7 Å². The molecule has 0 bridgehead atoms. The van der Waals surface area contributed by atoms with Gasteiger partial charge in [-0.15, -0.1) is 0 Å². The summed E-state index contributed by atoms with van der Waals surface area (Å²) in [5, 5.41) is 3.61. The van der Waals surface area contributed by atoms with Crippen LogP contribution in [0, 0.1) is 6.92 Å². The molecule has 2 fully saturated rings. The summed E-state index contributed by atoms with van der Waals surface area (Å²) in [6.45, 7) is 9.83. The number of hydrogen-bond acceptors (Lipinski definition) is 7. The molecule has 8 nitrogen and oxygen atoms in total. The average Bonchev–Trinajstić information content (AvgIpc) is 2.92. The van der Waals surface area contributed by atoms with Crippen molar-refractivity contribution >= 4 is 5.91 Å². The molecule has 0 unspecified atom stereocenters. The van der Waals surface area contributed by atoms with Crippen LogP contribution in [0.5, 0.6) is 5.88 Å². The van der Waals surface area contributed by atoms with Gasteiger partial charge >= 0.3 is 6.18 Å². The number of methoxy groups -OCH3 is 1. The second-order valence-electron chi connectivity index (χ2n) is 11.5. The number of hydrogen-bond donors (Lipinski definition) is 1. The van der Waals surface area contributed by atoms with E-state index in [2.05, 4.69) is 36.1 Å². The van der Waals surface area contributed by atoms with Gasteiger partial charge in [0.05, 0.1) is 12.7 Å². The molecule has 0 saturated carbocycles. The number of piperidine rings is 1. The second kappa shape index (κ2) is 12.4. The molecule has 220 valence electrons. The molecule has 0 radical (unpaired) electrons. The van der Waals surface area contributed by atoms with Gasteiger partial charge in [-0.1, -0.05) is 45.0 Å². The molecule has 1 amide bonds. The maximum atomic E-state index is 13.7. The standard InChI is InChI=1S/C29H39F3N4O4/c1-18-24(26(37)36-13-10-21(11-14-36)33-22-12-15-39-17-23(22)38-5)34-27(29(30,31)32)35-25(18)40-16-19-6-8-20(9-7-19)28(2,3)4/h6-9,21-23,33H,10-17H2,1-5H3/t22-,23+/m1/s1. The van der Waals surface area contributed by atoms with Gasteiger partial charge in [0.1, 0.15) is 12.3 Å². The SMILES string of the molecule is CO[C@H]1COCC[C@H]1NC1CCN(C(=O)c2nc(C(F)(F)F)nc(OCc3ccc(C(C)(C)C)cc3)c2C)CC1. The number of halogens is 3. The number of nitrogens with one attached hydrogen (secondary N) is 1. The van der Waals surface area contributed by atoms with Crippen LogP contribution in [0.4, 0.5) is 13.2 Å². The third kappa shape index (κ3) is 7.30. The minimum atomic E-state index is -4.83. The number of carbonyl (C=O) groups is 1. The molecule has 1 aromatic carbocycles. The zero-order valence-corrected chi connectivity index (χ0v) is 23.8. The molecule has 1 N–H and O–H groups in total. The zero-order chi connectivity index (χ0) is 29.1. The molecule has 2 aliphatic rings. The Morgan fingerprint density at radius 2 is 1.77 bits per heavy atom. The van der Waals surface area contributed by atoms with E-state index in [0.29, 0.717) is 39.1 Å². The maximum absolute atomic E-state index is 13.7. The van der Waals surface area contributed by atoms with E-state index in [4.69, 9.17) is 14.2 Å². The van der Waals surface area contributed by atoms with Crippen molar-refractivity contribution in [3.8, 4) is 5.88 Å². The van der Waals surface area contributed by atoms with Crippen LogP contribution >= 0.6 is 0 Å². The Balaban J connectivity index is 1.45. The Labute approximate surface area is 233 Å². The van der Waals surface area contributed by atoms with Gasteiger partial charge in [-0.25, -0.2) is 4.98 Å². The van der Waals surface area contributed by atoms with E-state index in [9.17, 15) is 18.0 Å². The second-order valence-corrected chi connectivity index (χ2v) is 11.5. The van der Waals surface area contributed by atoms with Gasteiger partial charge in [-0.2, -0.15) is 18.2 Å². The third-order valence-corrected chi connectivity index (χ3v) is 7.59. The maximum Gasteiger partial charge on any atom is 0.451 e. The lowest BCUT2D eigenvalue weighted by atomic mass is 9.87. The number of likely N-dealkylation sites (tertiary alicyclic amines) is 1. The van der Waals surface area contributed by atoms with E-state index in [1.165, 1.54) is 6.92 Å². The van der Waals surface area contributed by atoms with Crippen molar-refractivity contribution in [3.05, 3.63) is 52.5 Å². The van der Waals surface area contributed by atoms with Crippen LogP contribution in [0.25, 0.3) is 0 Å². The minimum Gasteiger partial charge on any atom is -0.472 e. The molecule has 11 heteroatoms. The molecular formula is C29H39F3N4O4. The van der Waals surface area contributed by atoms with Crippen LogP contribution in [0.3, 0.4) is 0 Å². The first-order chi connectivity index (χ1) is 18.9. The summed E-state index contributed by atoms with van der Waals surface area (Å²) in [5.41, 5.74) is 1.79. The molecule has 3 heterocycles. The van der Waals surface area contributed by atoms with Crippen molar-refractivity contribution in [1.29, 1.82) is 0 Å². The monoisotopic (exact) mass is 564 g/mol. The number of rotatable bonds is 7. The van der Waals surface area contributed by atoms with Crippen LogP contribution in [0.15, 0.2) is 24.3 Å². The van der Waals surface area contributed by atoms with E-state index >= 15 is 0 Å². The van der Waals surface area contributed by atoms with E-state index in [1.54, 1.807) is 12.0 Å². The first-order valence-corrected chi connectivity index (χ1v) is 13.7. The normalized spacial score (nSPS) is 20.9. The third-order valence-electron chi connectivity index (χ3n) is 7.59. The van der Waals surface area contributed by atoms with Gasteiger partial charge < -0.3 is 24.4 Å². The van der Waals surface area contributed by atoms with Crippen molar-refractivity contribution in [2.24, 2.45) is 0 Å². The number of benzene rings is 1. The van der Waals surface area contributed by atoms with Crippen LogP contribution in [-0.4, -0.2) is 72.4 Å². The predicted octanol–water partition coefficient (Wildman–Crippen LogP) is 4.68. The first kappa shape index (κ1) is 30.2. The number of ether oxygens (including phenoxy) is 3. The number of amides is 1. The van der Waals surface area contributed by atoms with E-state index < -0.39 is 17.9 Å². The number of carbonyl (C=O) groups excluding carboxylic acids is 1. The summed E-state index contributed by atoms with van der Waals surface area (Å²) >= 11 is 0.